The summed E-state index contributed by atoms with van der Waals surface area (Å²) in [5.74, 6) is 3.50. The minimum atomic E-state index is 0. The third-order valence-electron chi connectivity index (χ3n) is 5.10. The Kier molecular flexibility index (Phi) is 8.13. The lowest BCUT2D eigenvalue weighted by molar-refractivity contribution is 0.208. The number of imidazole rings is 1. The zero-order valence-corrected chi connectivity index (χ0v) is 19.2. The number of nitrogens with one attached hydrogen (secondary N) is 1. The first kappa shape index (κ1) is 21.7. The SMILES string of the molecule is CN=C(NCc1cccc(Cn2ccnc2C)c1)N1CC(C)CC(C)C1.I. The lowest BCUT2D eigenvalue weighted by Gasteiger charge is -2.37. The molecule has 148 valence electrons. The summed E-state index contributed by atoms with van der Waals surface area (Å²) in [5, 5.41) is 3.55. The highest BCUT2D eigenvalue weighted by Gasteiger charge is 2.23. The maximum Gasteiger partial charge on any atom is 0.193 e. The van der Waals surface area contributed by atoms with Crippen LogP contribution >= 0.6 is 24.0 Å². The van der Waals surface area contributed by atoms with Gasteiger partial charge in [-0.3, -0.25) is 4.99 Å². The molecule has 1 N–H and O–H groups in total. The van der Waals surface area contributed by atoms with Gasteiger partial charge in [-0.1, -0.05) is 38.1 Å². The van der Waals surface area contributed by atoms with Crippen LogP contribution in [0.15, 0.2) is 41.7 Å². The number of benzene rings is 1. The van der Waals surface area contributed by atoms with Crippen LogP contribution in [0.2, 0.25) is 0 Å². The topological polar surface area (TPSA) is 45.5 Å². The van der Waals surface area contributed by atoms with Gasteiger partial charge in [-0.05, 0) is 36.3 Å². The number of aliphatic imine (C=N–C) groups is 1. The lowest BCUT2D eigenvalue weighted by atomic mass is 9.92. The van der Waals surface area contributed by atoms with Crippen molar-refractivity contribution in [3.8, 4) is 0 Å². The van der Waals surface area contributed by atoms with E-state index >= 15 is 0 Å². The first-order valence-corrected chi connectivity index (χ1v) is 9.56. The van der Waals surface area contributed by atoms with Crippen LogP contribution in [0.25, 0.3) is 0 Å². The van der Waals surface area contributed by atoms with Crippen molar-refractivity contribution >= 4 is 29.9 Å². The van der Waals surface area contributed by atoms with Crippen LogP contribution in [0.5, 0.6) is 0 Å². The number of guanidine groups is 1. The largest absolute Gasteiger partial charge is 0.352 e. The summed E-state index contributed by atoms with van der Waals surface area (Å²) in [7, 11) is 1.88. The minimum absolute atomic E-state index is 0. The highest BCUT2D eigenvalue weighted by atomic mass is 127. The van der Waals surface area contributed by atoms with Crippen molar-refractivity contribution in [3.63, 3.8) is 0 Å². The van der Waals surface area contributed by atoms with E-state index in [1.807, 2.05) is 26.4 Å². The zero-order chi connectivity index (χ0) is 18.5. The van der Waals surface area contributed by atoms with Gasteiger partial charge in [0.15, 0.2) is 5.96 Å². The van der Waals surface area contributed by atoms with E-state index in [1.165, 1.54) is 17.5 Å². The maximum absolute atomic E-state index is 4.51. The van der Waals surface area contributed by atoms with Crippen LogP contribution in [0, 0.1) is 18.8 Å². The maximum atomic E-state index is 4.51. The Bertz CT molecular complexity index is 745. The Morgan fingerprint density at radius 1 is 1.22 bits per heavy atom. The van der Waals surface area contributed by atoms with E-state index in [1.54, 1.807) is 0 Å². The fourth-order valence-corrected chi connectivity index (χ4v) is 3.95. The Hall–Kier alpha value is -1.57. The number of hydrogen-bond donors (Lipinski definition) is 1. The Morgan fingerprint density at radius 3 is 2.56 bits per heavy atom. The van der Waals surface area contributed by atoms with Gasteiger partial charge < -0.3 is 14.8 Å². The summed E-state index contributed by atoms with van der Waals surface area (Å²) in [6.07, 6.45) is 5.19. The molecule has 1 aliphatic heterocycles. The summed E-state index contributed by atoms with van der Waals surface area (Å²) in [5.41, 5.74) is 2.57. The summed E-state index contributed by atoms with van der Waals surface area (Å²) < 4.78 is 2.17. The highest BCUT2D eigenvalue weighted by Crippen LogP contribution is 2.21. The van der Waals surface area contributed by atoms with E-state index in [4.69, 9.17) is 0 Å². The van der Waals surface area contributed by atoms with Crippen LogP contribution in [-0.4, -0.2) is 40.5 Å². The van der Waals surface area contributed by atoms with E-state index in [9.17, 15) is 0 Å². The van der Waals surface area contributed by atoms with Crippen molar-refractivity contribution < 1.29 is 0 Å². The molecule has 2 aromatic rings. The molecule has 0 radical (unpaired) electrons. The highest BCUT2D eigenvalue weighted by molar-refractivity contribution is 14.0. The van der Waals surface area contributed by atoms with E-state index in [-0.39, 0.29) is 24.0 Å². The Balaban J connectivity index is 0.00000261. The molecule has 1 aliphatic rings. The van der Waals surface area contributed by atoms with Crippen LogP contribution in [-0.2, 0) is 13.1 Å². The Morgan fingerprint density at radius 2 is 1.93 bits per heavy atom. The first-order valence-electron chi connectivity index (χ1n) is 9.56. The fraction of sp³-hybridized carbons (Fsp3) is 0.524. The molecule has 2 heterocycles. The summed E-state index contributed by atoms with van der Waals surface area (Å²) in [6.45, 7) is 10.5. The molecule has 2 atom stereocenters. The molecule has 1 saturated heterocycles. The van der Waals surface area contributed by atoms with E-state index in [2.05, 4.69) is 62.9 Å². The molecule has 3 rings (SSSR count). The number of halogens is 1. The molecule has 5 nitrogen and oxygen atoms in total. The molecule has 0 bridgehead atoms. The lowest BCUT2D eigenvalue weighted by Crippen LogP contribution is -2.48. The molecule has 1 aromatic heterocycles. The molecule has 1 aromatic carbocycles. The van der Waals surface area contributed by atoms with Gasteiger partial charge >= 0.3 is 0 Å². The third-order valence-corrected chi connectivity index (χ3v) is 5.10. The molecule has 27 heavy (non-hydrogen) atoms. The third kappa shape index (κ3) is 5.96. The number of nitrogens with zero attached hydrogens (tertiary/aromatic N) is 4. The molecule has 0 spiro atoms. The second-order valence-electron chi connectivity index (χ2n) is 7.67. The van der Waals surface area contributed by atoms with Gasteiger partial charge in [-0.25, -0.2) is 4.98 Å². The van der Waals surface area contributed by atoms with Crippen molar-refractivity contribution in [1.82, 2.24) is 19.8 Å². The van der Waals surface area contributed by atoms with Gasteiger partial charge in [0.1, 0.15) is 5.82 Å². The average Bonchev–Trinajstić information content (AvgIpc) is 3.00. The molecule has 0 saturated carbocycles. The van der Waals surface area contributed by atoms with Gasteiger partial charge in [-0.15, -0.1) is 24.0 Å². The van der Waals surface area contributed by atoms with Gasteiger partial charge in [0.2, 0.25) is 0 Å². The summed E-state index contributed by atoms with van der Waals surface area (Å²) in [4.78, 5) is 11.2. The number of aromatic nitrogens is 2. The fourth-order valence-electron chi connectivity index (χ4n) is 3.95. The van der Waals surface area contributed by atoms with Crippen LogP contribution < -0.4 is 5.32 Å². The van der Waals surface area contributed by atoms with Crippen molar-refractivity contribution in [1.29, 1.82) is 0 Å². The number of piperidine rings is 1. The monoisotopic (exact) mass is 481 g/mol. The molecule has 1 fully saturated rings. The van der Waals surface area contributed by atoms with Crippen LogP contribution in [0.1, 0.15) is 37.2 Å². The van der Waals surface area contributed by atoms with Crippen molar-refractivity contribution in [2.24, 2.45) is 16.8 Å². The van der Waals surface area contributed by atoms with Gasteiger partial charge in [0.05, 0.1) is 0 Å². The first-order chi connectivity index (χ1) is 12.5. The molecular weight excluding hydrogens is 449 g/mol. The number of aryl methyl sites for hydroxylation is 1. The second-order valence-corrected chi connectivity index (χ2v) is 7.67. The van der Waals surface area contributed by atoms with E-state index in [0.717, 1.165) is 49.8 Å². The van der Waals surface area contributed by atoms with E-state index < -0.39 is 0 Å². The molecular formula is C21H32IN5. The molecule has 2 unspecified atom stereocenters. The summed E-state index contributed by atoms with van der Waals surface area (Å²) >= 11 is 0. The average molecular weight is 481 g/mol. The number of rotatable bonds is 4. The van der Waals surface area contributed by atoms with Crippen molar-refractivity contribution in [3.05, 3.63) is 53.6 Å². The van der Waals surface area contributed by atoms with Crippen LogP contribution in [0.3, 0.4) is 0 Å². The minimum Gasteiger partial charge on any atom is -0.352 e. The summed E-state index contributed by atoms with van der Waals surface area (Å²) in [6, 6.07) is 8.74. The van der Waals surface area contributed by atoms with Crippen molar-refractivity contribution in [2.45, 2.75) is 40.3 Å². The quantitative estimate of drug-likeness (QED) is 0.409. The van der Waals surface area contributed by atoms with E-state index in [0.29, 0.717) is 0 Å². The molecule has 0 aliphatic carbocycles. The standard InChI is InChI=1S/C21H31N5.HI/c1-16-10-17(2)14-26(13-16)21(22-4)24-12-19-6-5-7-20(11-19)15-25-9-8-23-18(25)3;/h5-9,11,16-17H,10,12-15H2,1-4H3,(H,22,24);1H. The molecule has 0 amide bonds. The smallest absolute Gasteiger partial charge is 0.193 e. The van der Waals surface area contributed by atoms with Crippen molar-refractivity contribution in [2.75, 3.05) is 20.1 Å². The van der Waals surface area contributed by atoms with Crippen LogP contribution in [0.4, 0.5) is 0 Å². The van der Waals surface area contributed by atoms with Gasteiger partial charge in [0.25, 0.3) is 0 Å². The Labute approximate surface area is 180 Å². The normalized spacial score (nSPS) is 20.3. The molecule has 6 heteroatoms. The van der Waals surface area contributed by atoms with Gasteiger partial charge in [-0.2, -0.15) is 0 Å². The predicted molar refractivity (Wildman–Crippen MR) is 123 cm³/mol. The second kappa shape index (κ2) is 10.1. The number of likely N-dealkylation sites (tertiary alicyclic amines) is 1. The zero-order valence-electron chi connectivity index (χ0n) is 16.9. The predicted octanol–water partition coefficient (Wildman–Crippen LogP) is 3.91. The van der Waals surface area contributed by atoms with Gasteiger partial charge in [0, 0.05) is 45.6 Å². The number of hydrogen-bond acceptors (Lipinski definition) is 2.